The highest BCUT2D eigenvalue weighted by molar-refractivity contribution is 9.10. The van der Waals surface area contributed by atoms with Crippen molar-refractivity contribution < 1.29 is 9.18 Å². The third-order valence-electron chi connectivity index (χ3n) is 2.78. The van der Waals surface area contributed by atoms with E-state index in [-0.39, 0.29) is 11.8 Å². The summed E-state index contributed by atoms with van der Waals surface area (Å²) in [6, 6.07) is 2.74. The number of hydrogen-bond acceptors (Lipinski definition) is 2. The molecule has 0 saturated carbocycles. The third-order valence-corrected chi connectivity index (χ3v) is 3.83. The minimum atomic E-state index is -0.434. The molecule has 1 aliphatic rings. The molecule has 1 unspecified atom stereocenters. The Labute approximate surface area is 112 Å². The van der Waals surface area contributed by atoms with Crippen molar-refractivity contribution in [3.8, 4) is 0 Å². The van der Waals surface area contributed by atoms with Crippen LogP contribution < -0.4 is 10.6 Å². The van der Waals surface area contributed by atoms with Crippen LogP contribution in [-0.4, -0.2) is 18.3 Å². The first kappa shape index (κ1) is 12.6. The van der Waals surface area contributed by atoms with Gasteiger partial charge in [-0.15, -0.1) is 11.6 Å². The molecule has 0 spiro atoms. The molecule has 1 saturated heterocycles. The number of amides is 1. The number of alkyl halides is 1. The smallest absolute Gasteiger partial charge is 0.227 e. The zero-order valence-corrected chi connectivity index (χ0v) is 11.3. The molecule has 1 atom stereocenters. The fraction of sp³-hybridized carbons (Fsp3) is 0.364. The maximum Gasteiger partial charge on any atom is 0.227 e. The molecule has 1 heterocycles. The van der Waals surface area contributed by atoms with E-state index in [9.17, 15) is 9.18 Å². The minimum absolute atomic E-state index is 0.0657. The van der Waals surface area contributed by atoms with Crippen LogP contribution in [0.1, 0.15) is 6.42 Å². The van der Waals surface area contributed by atoms with Gasteiger partial charge in [0.15, 0.2) is 0 Å². The predicted molar refractivity (Wildman–Crippen MR) is 69.7 cm³/mol. The summed E-state index contributed by atoms with van der Waals surface area (Å²) in [6.45, 7) is 0.494. The lowest BCUT2D eigenvalue weighted by molar-refractivity contribution is -0.117. The van der Waals surface area contributed by atoms with E-state index in [0.717, 1.165) is 0 Å². The lowest BCUT2D eigenvalue weighted by atomic mass is 10.1. The number of hydrogen-bond donors (Lipinski definition) is 1. The molecule has 2 N–H and O–H groups in total. The molecule has 6 heteroatoms. The van der Waals surface area contributed by atoms with E-state index in [1.165, 1.54) is 17.0 Å². The molecule has 0 radical (unpaired) electrons. The largest absolute Gasteiger partial charge is 0.397 e. The number of carbonyl (C=O) groups excluding carboxylic acids is 1. The first-order chi connectivity index (χ1) is 8.02. The van der Waals surface area contributed by atoms with Gasteiger partial charge in [-0.3, -0.25) is 4.79 Å². The van der Waals surface area contributed by atoms with Gasteiger partial charge < -0.3 is 10.6 Å². The fourth-order valence-corrected chi connectivity index (χ4v) is 2.47. The van der Waals surface area contributed by atoms with Crippen LogP contribution in [0.15, 0.2) is 16.6 Å². The Balaban J connectivity index is 2.35. The van der Waals surface area contributed by atoms with Gasteiger partial charge in [-0.2, -0.15) is 0 Å². The van der Waals surface area contributed by atoms with Gasteiger partial charge in [0.1, 0.15) is 5.82 Å². The van der Waals surface area contributed by atoms with Crippen LogP contribution >= 0.6 is 27.5 Å². The molecule has 1 aliphatic heterocycles. The number of nitrogens with two attached hydrogens (primary N) is 1. The van der Waals surface area contributed by atoms with Crippen molar-refractivity contribution in [2.24, 2.45) is 5.92 Å². The topological polar surface area (TPSA) is 46.3 Å². The minimum Gasteiger partial charge on any atom is -0.397 e. The van der Waals surface area contributed by atoms with Crippen LogP contribution in [-0.2, 0) is 4.79 Å². The van der Waals surface area contributed by atoms with Crippen molar-refractivity contribution in [2.75, 3.05) is 23.1 Å². The summed E-state index contributed by atoms with van der Waals surface area (Å²) >= 11 is 8.78. The zero-order valence-electron chi connectivity index (χ0n) is 8.92. The molecule has 17 heavy (non-hydrogen) atoms. The van der Waals surface area contributed by atoms with Crippen molar-refractivity contribution in [1.82, 2.24) is 0 Å². The van der Waals surface area contributed by atoms with Gasteiger partial charge in [0.25, 0.3) is 0 Å². The Bertz CT molecular complexity index is 469. The Kier molecular flexibility index (Phi) is 3.58. The van der Waals surface area contributed by atoms with Gasteiger partial charge in [0.2, 0.25) is 5.91 Å². The predicted octanol–water partition coefficient (Wildman–Crippen LogP) is 2.76. The molecule has 0 aromatic heterocycles. The van der Waals surface area contributed by atoms with Crippen molar-refractivity contribution >= 4 is 44.8 Å². The Morgan fingerprint density at radius 1 is 1.59 bits per heavy atom. The number of nitrogens with zero attached hydrogens (tertiary/aromatic N) is 1. The molecule has 3 nitrogen and oxygen atoms in total. The highest BCUT2D eigenvalue weighted by atomic mass is 79.9. The first-order valence-corrected chi connectivity index (χ1v) is 6.46. The molecule has 0 bridgehead atoms. The van der Waals surface area contributed by atoms with Crippen LogP contribution in [0.2, 0.25) is 0 Å². The Hall–Kier alpha value is -0.810. The number of halogens is 3. The van der Waals surface area contributed by atoms with E-state index in [1.807, 2.05) is 0 Å². The van der Waals surface area contributed by atoms with Crippen LogP contribution in [0.5, 0.6) is 0 Å². The standard InChI is InChI=1S/C11H11BrClFN2O/c12-7-2-9(15)10(3-8(7)14)16-5-6(4-13)1-11(16)17/h2-3,6H,1,4-5,15H2. The van der Waals surface area contributed by atoms with E-state index in [1.54, 1.807) is 0 Å². The monoisotopic (exact) mass is 320 g/mol. The quantitative estimate of drug-likeness (QED) is 0.672. The average molecular weight is 322 g/mol. The SMILES string of the molecule is Nc1cc(Br)c(F)cc1N1CC(CCl)CC1=O. The summed E-state index contributed by atoms with van der Waals surface area (Å²) in [5, 5.41) is 0. The van der Waals surface area contributed by atoms with E-state index < -0.39 is 5.82 Å². The lowest BCUT2D eigenvalue weighted by Crippen LogP contribution is -2.25. The second-order valence-electron chi connectivity index (χ2n) is 4.05. The van der Waals surface area contributed by atoms with E-state index in [0.29, 0.717) is 34.7 Å². The van der Waals surface area contributed by atoms with Gasteiger partial charge in [-0.1, -0.05) is 0 Å². The van der Waals surface area contributed by atoms with Crippen LogP contribution in [0.4, 0.5) is 15.8 Å². The maximum atomic E-state index is 13.5. The van der Waals surface area contributed by atoms with Gasteiger partial charge >= 0.3 is 0 Å². The summed E-state index contributed by atoms with van der Waals surface area (Å²) in [5.41, 5.74) is 6.59. The molecule has 2 rings (SSSR count). The number of benzene rings is 1. The number of nitrogen functional groups attached to an aromatic ring is 1. The van der Waals surface area contributed by atoms with Crippen molar-refractivity contribution in [2.45, 2.75) is 6.42 Å². The molecule has 92 valence electrons. The van der Waals surface area contributed by atoms with E-state index >= 15 is 0 Å². The zero-order chi connectivity index (χ0) is 12.6. The summed E-state index contributed by atoms with van der Waals surface area (Å²) in [7, 11) is 0. The van der Waals surface area contributed by atoms with Crippen LogP contribution in [0.3, 0.4) is 0 Å². The van der Waals surface area contributed by atoms with Gasteiger partial charge in [0, 0.05) is 24.9 Å². The number of anilines is 2. The molecule has 1 aromatic carbocycles. The van der Waals surface area contributed by atoms with Crippen molar-refractivity contribution in [3.63, 3.8) is 0 Å². The average Bonchev–Trinajstić information content (AvgIpc) is 2.65. The second kappa shape index (κ2) is 4.82. The summed E-state index contributed by atoms with van der Waals surface area (Å²) < 4.78 is 13.7. The molecule has 1 aromatic rings. The van der Waals surface area contributed by atoms with Gasteiger partial charge in [0.05, 0.1) is 15.8 Å². The highest BCUT2D eigenvalue weighted by Gasteiger charge is 2.31. The molecule has 1 amide bonds. The molecular formula is C11H11BrClFN2O. The van der Waals surface area contributed by atoms with Crippen molar-refractivity contribution in [1.29, 1.82) is 0 Å². The Morgan fingerprint density at radius 3 is 2.88 bits per heavy atom. The first-order valence-electron chi connectivity index (χ1n) is 5.13. The summed E-state index contributed by atoms with van der Waals surface area (Å²) in [4.78, 5) is 13.3. The number of carbonyl (C=O) groups is 1. The van der Waals surface area contributed by atoms with Gasteiger partial charge in [-0.25, -0.2) is 4.39 Å². The van der Waals surface area contributed by atoms with Gasteiger partial charge in [-0.05, 0) is 27.9 Å². The summed E-state index contributed by atoms with van der Waals surface area (Å²) in [6.07, 6.45) is 0.390. The van der Waals surface area contributed by atoms with E-state index in [4.69, 9.17) is 17.3 Å². The fourth-order valence-electron chi connectivity index (χ4n) is 1.90. The molecule has 1 fully saturated rings. The van der Waals surface area contributed by atoms with Crippen LogP contribution in [0.25, 0.3) is 0 Å². The lowest BCUT2D eigenvalue weighted by Gasteiger charge is -2.19. The number of rotatable bonds is 2. The maximum absolute atomic E-state index is 13.5. The van der Waals surface area contributed by atoms with Crippen molar-refractivity contribution in [3.05, 3.63) is 22.4 Å². The molecular weight excluding hydrogens is 310 g/mol. The third kappa shape index (κ3) is 2.40. The second-order valence-corrected chi connectivity index (χ2v) is 5.22. The van der Waals surface area contributed by atoms with Crippen LogP contribution in [0, 0.1) is 11.7 Å². The normalized spacial score (nSPS) is 20.1. The van der Waals surface area contributed by atoms with E-state index in [2.05, 4.69) is 15.9 Å². The Morgan fingerprint density at radius 2 is 2.29 bits per heavy atom. The highest BCUT2D eigenvalue weighted by Crippen LogP contribution is 2.33. The summed E-state index contributed by atoms with van der Waals surface area (Å²) in [5.74, 6) is 0.0249. The molecule has 0 aliphatic carbocycles.